The van der Waals surface area contributed by atoms with Crippen molar-refractivity contribution in [2.75, 3.05) is 0 Å². The highest BCUT2D eigenvalue weighted by atomic mass is 16.3. The quantitative estimate of drug-likeness (QED) is 0.781. The van der Waals surface area contributed by atoms with Gasteiger partial charge in [-0.15, -0.1) is 0 Å². The van der Waals surface area contributed by atoms with Crippen molar-refractivity contribution >= 4 is 5.91 Å². The number of nitrogens with one attached hydrogen (secondary N) is 1. The third-order valence-electron chi connectivity index (χ3n) is 5.75. The first-order chi connectivity index (χ1) is 12.4. The Morgan fingerprint density at radius 1 is 1.00 bits per heavy atom. The molecule has 0 radical (unpaired) electrons. The first kappa shape index (κ1) is 18.5. The summed E-state index contributed by atoms with van der Waals surface area (Å²) in [4.78, 5) is 11.2. The zero-order chi connectivity index (χ0) is 18.7. The van der Waals surface area contributed by atoms with Gasteiger partial charge in [0, 0.05) is 6.92 Å². The summed E-state index contributed by atoms with van der Waals surface area (Å²) in [6.45, 7) is 5.54. The lowest BCUT2D eigenvalue weighted by atomic mass is 9.76. The monoisotopic (exact) mass is 351 g/mol. The van der Waals surface area contributed by atoms with Gasteiger partial charge in [0.1, 0.15) is 5.75 Å². The maximum Gasteiger partial charge on any atom is 0.217 e. The van der Waals surface area contributed by atoms with Gasteiger partial charge in [0.2, 0.25) is 5.91 Å². The summed E-state index contributed by atoms with van der Waals surface area (Å²) in [6.07, 6.45) is 4.79. The zero-order valence-electron chi connectivity index (χ0n) is 16.0. The standard InChI is InChI=1S/C23H29NO2/c1-15-14-22(12-13-23(15)26)21-10-8-20(9-11-21)19-6-4-18(5-7-19)16(2)24-17(3)25/h4-7,12-14,16,20-21,26H,8-11H2,1-3H3,(H,24,25)/t16-,20?,21?/m0/s1. The highest BCUT2D eigenvalue weighted by Crippen LogP contribution is 2.41. The van der Waals surface area contributed by atoms with Gasteiger partial charge in [-0.2, -0.15) is 0 Å². The van der Waals surface area contributed by atoms with E-state index in [4.69, 9.17) is 0 Å². The van der Waals surface area contributed by atoms with E-state index in [2.05, 4.69) is 41.7 Å². The van der Waals surface area contributed by atoms with Crippen molar-refractivity contribution in [1.29, 1.82) is 0 Å². The number of amides is 1. The summed E-state index contributed by atoms with van der Waals surface area (Å²) in [5.74, 6) is 1.61. The Bertz CT molecular complexity index is 758. The van der Waals surface area contributed by atoms with Crippen LogP contribution in [0.2, 0.25) is 0 Å². The third-order valence-corrected chi connectivity index (χ3v) is 5.75. The van der Waals surface area contributed by atoms with E-state index >= 15 is 0 Å². The van der Waals surface area contributed by atoms with Crippen LogP contribution in [0.3, 0.4) is 0 Å². The second-order valence-corrected chi connectivity index (χ2v) is 7.68. The van der Waals surface area contributed by atoms with Crippen LogP contribution in [0, 0.1) is 6.92 Å². The largest absolute Gasteiger partial charge is 0.508 e. The number of aromatic hydroxyl groups is 1. The van der Waals surface area contributed by atoms with Crippen molar-refractivity contribution in [3.05, 3.63) is 64.7 Å². The average molecular weight is 351 g/mol. The predicted molar refractivity (Wildman–Crippen MR) is 105 cm³/mol. The number of carbonyl (C=O) groups is 1. The SMILES string of the molecule is CC(=O)N[C@@H](C)c1ccc(C2CCC(c3ccc(O)c(C)c3)CC2)cc1. The van der Waals surface area contributed by atoms with Crippen LogP contribution in [0.1, 0.15) is 79.7 Å². The molecule has 0 aromatic heterocycles. The second kappa shape index (κ2) is 7.94. The maximum absolute atomic E-state index is 11.2. The molecule has 1 aliphatic rings. The van der Waals surface area contributed by atoms with Gasteiger partial charge in [-0.1, -0.05) is 36.4 Å². The molecule has 0 unspecified atom stereocenters. The summed E-state index contributed by atoms with van der Waals surface area (Å²) in [7, 11) is 0. The molecule has 26 heavy (non-hydrogen) atoms. The molecule has 3 heteroatoms. The molecule has 0 saturated heterocycles. The van der Waals surface area contributed by atoms with Gasteiger partial charge >= 0.3 is 0 Å². The minimum atomic E-state index is 0.00404. The molecule has 0 heterocycles. The normalized spacial score (nSPS) is 21.2. The number of hydrogen-bond donors (Lipinski definition) is 2. The molecule has 1 fully saturated rings. The Kier molecular flexibility index (Phi) is 5.65. The summed E-state index contributed by atoms with van der Waals surface area (Å²) < 4.78 is 0. The first-order valence-electron chi connectivity index (χ1n) is 9.60. The van der Waals surface area contributed by atoms with Crippen molar-refractivity contribution < 1.29 is 9.90 Å². The van der Waals surface area contributed by atoms with Gasteiger partial charge in [0.25, 0.3) is 0 Å². The summed E-state index contributed by atoms with van der Waals surface area (Å²) >= 11 is 0. The number of rotatable bonds is 4. The number of hydrogen-bond acceptors (Lipinski definition) is 2. The van der Waals surface area contributed by atoms with E-state index in [0.29, 0.717) is 17.6 Å². The molecule has 138 valence electrons. The summed E-state index contributed by atoms with van der Waals surface area (Å²) in [5, 5.41) is 12.7. The van der Waals surface area contributed by atoms with Gasteiger partial charge in [-0.25, -0.2) is 0 Å². The molecule has 1 aliphatic carbocycles. The molecule has 1 saturated carbocycles. The molecular formula is C23H29NO2. The van der Waals surface area contributed by atoms with Gasteiger partial charge in [-0.05, 0) is 79.7 Å². The van der Waals surface area contributed by atoms with E-state index in [9.17, 15) is 9.90 Å². The maximum atomic E-state index is 11.2. The van der Waals surface area contributed by atoms with Crippen LogP contribution in [0.25, 0.3) is 0 Å². The van der Waals surface area contributed by atoms with E-state index < -0.39 is 0 Å². The highest BCUT2D eigenvalue weighted by molar-refractivity contribution is 5.73. The van der Waals surface area contributed by atoms with Crippen molar-refractivity contribution in [2.45, 2.75) is 64.3 Å². The van der Waals surface area contributed by atoms with Crippen molar-refractivity contribution in [1.82, 2.24) is 5.32 Å². The van der Waals surface area contributed by atoms with E-state index in [1.54, 1.807) is 6.92 Å². The Morgan fingerprint density at radius 3 is 2.08 bits per heavy atom. The Balaban J connectivity index is 1.61. The van der Waals surface area contributed by atoms with Gasteiger partial charge in [0.05, 0.1) is 6.04 Å². The highest BCUT2D eigenvalue weighted by Gasteiger charge is 2.24. The van der Waals surface area contributed by atoms with Crippen molar-refractivity contribution in [2.24, 2.45) is 0 Å². The molecule has 0 spiro atoms. The first-order valence-corrected chi connectivity index (χ1v) is 9.60. The Labute approximate surface area is 156 Å². The number of aryl methyl sites for hydroxylation is 1. The van der Waals surface area contributed by atoms with E-state index in [1.165, 1.54) is 36.8 Å². The van der Waals surface area contributed by atoms with Crippen LogP contribution in [-0.4, -0.2) is 11.0 Å². The number of phenolic OH excluding ortho intramolecular Hbond substituents is 1. The summed E-state index contributed by atoms with van der Waals surface area (Å²) in [6, 6.07) is 14.8. The minimum absolute atomic E-state index is 0.00404. The molecule has 1 amide bonds. The van der Waals surface area contributed by atoms with E-state index in [0.717, 1.165) is 11.1 Å². The molecule has 3 nitrogen and oxygen atoms in total. The summed E-state index contributed by atoms with van der Waals surface area (Å²) in [5.41, 5.74) is 4.88. The van der Waals surface area contributed by atoms with Gasteiger partial charge in [-0.3, -0.25) is 4.79 Å². The lowest BCUT2D eigenvalue weighted by Gasteiger charge is -2.29. The van der Waals surface area contributed by atoms with E-state index in [1.807, 2.05) is 19.9 Å². The van der Waals surface area contributed by atoms with Gasteiger partial charge in [0.15, 0.2) is 0 Å². The molecule has 3 rings (SSSR count). The zero-order valence-corrected chi connectivity index (χ0v) is 16.0. The van der Waals surface area contributed by atoms with Crippen molar-refractivity contribution in [3.8, 4) is 5.75 Å². The predicted octanol–water partition coefficient (Wildman–Crippen LogP) is 5.34. The topological polar surface area (TPSA) is 49.3 Å². The Hall–Kier alpha value is -2.29. The van der Waals surface area contributed by atoms with Gasteiger partial charge < -0.3 is 10.4 Å². The van der Waals surface area contributed by atoms with Crippen LogP contribution in [0.15, 0.2) is 42.5 Å². The molecule has 1 atom stereocenters. The number of phenols is 1. The fourth-order valence-corrected chi connectivity index (χ4v) is 4.14. The second-order valence-electron chi connectivity index (χ2n) is 7.68. The van der Waals surface area contributed by atoms with Crippen LogP contribution < -0.4 is 5.32 Å². The average Bonchev–Trinajstić information content (AvgIpc) is 2.64. The van der Waals surface area contributed by atoms with E-state index in [-0.39, 0.29) is 11.9 Å². The molecule has 2 aromatic carbocycles. The van der Waals surface area contributed by atoms with Crippen LogP contribution in [0.5, 0.6) is 5.75 Å². The molecular weight excluding hydrogens is 322 g/mol. The smallest absolute Gasteiger partial charge is 0.217 e. The number of benzene rings is 2. The number of carbonyl (C=O) groups excluding carboxylic acids is 1. The third kappa shape index (κ3) is 4.27. The fourth-order valence-electron chi connectivity index (χ4n) is 4.14. The minimum Gasteiger partial charge on any atom is -0.508 e. The fraction of sp³-hybridized carbons (Fsp3) is 0.435. The lowest BCUT2D eigenvalue weighted by molar-refractivity contribution is -0.119. The lowest BCUT2D eigenvalue weighted by Crippen LogP contribution is -2.23. The van der Waals surface area contributed by atoms with Crippen LogP contribution in [0.4, 0.5) is 0 Å². The van der Waals surface area contributed by atoms with Crippen molar-refractivity contribution in [3.63, 3.8) is 0 Å². The van der Waals surface area contributed by atoms with Crippen LogP contribution >= 0.6 is 0 Å². The molecule has 0 aliphatic heterocycles. The molecule has 0 bridgehead atoms. The molecule has 2 N–H and O–H groups in total. The van der Waals surface area contributed by atoms with Crippen LogP contribution in [-0.2, 0) is 4.79 Å². The molecule has 2 aromatic rings. The Morgan fingerprint density at radius 2 is 1.54 bits per heavy atom.